The van der Waals surface area contributed by atoms with Crippen LogP contribution in [-0.2, 0) is 7.05 Å². The molecule has 10 heteroatoms. The Hall–Kier alpha value is -1.19. The minimum atomic E-state index is -0.0368. The first kappa shape index (κ1) is 21.9. The van der Waals surface area contributed by atoms with E-state index >= 15 is 0 Å². The summed E-state index contributed by atoms with van der Waals surface area (Å²) >= 11 is 1.42. The molecule has 0 saturated carbocycles. The maximum Gasteiger partial charge on any atom is 0.263 e. The van der Waals surface area contributed by atoms with E-state index in [1.54, 1.807) is 10.9 Å². The molecule has 1 saturated heterocycles. The fourth-order valence-corrected chi connectivity index (χ4v) is 3.56. The van der Waals surface area contributed by atoms with E-state index in [2.05, 4.69) is 25.6 Å². The molecule has 3 heterocycles. The second-order valence-corrected chi connectivity index (χ2v) is 6.68. The highest BCUT2D eigenvalue weighted by atomic mass is 35.5. The standard InChI is InChI=1S/C15H22N6OS.2ClH/c1-11-13(23-15(19-11)12-9-18-20(2)10-12)14(22)17-5-8-21-6-3-16-4-7-21;;/h9-10,16H,3-8H2,1-2H3,(H,17,22);2*1H. The van der Waals surface area contributed by atoms with E-state index in [0.29, 0.717) is 11.4 Å². The summed E-state index contributed by atoms with van der Waals surface area (Å²) < 4.78 is 1.74. The minimum absolute atomic E-state index is 0. The molecule has 0 spiro atoms. The van der Waals surface area contributed by atoms with Crippen molar-refractivity contribution in [1.29, 1.82) is 0 Å². The number of thiazole rings is 1. The van der Waals surface area contributed by atoms with Crippen LogP contribution in [0.2, 0.25) is 0 Å². The molecule has 0 radical (unpaired) electrons. The average Bonchev–Trinajstić information content (AvgIpc) is 3.14. The van der Waals surface area contributed by atoms with Gasteiger partial charge >= 0.3 is 0 Å². The molecule has 0 unspecified atom stereocenters. The summed E-state index contributed by atoms with van der Waals surface area (Å²) in [5, 5.41) is 11.3. The number of hydrogen-bond donors (Lipinski definition) is 2. The van der Waals surface area contributed by atoms with Gasteiger partial charge in [-0.25, -0.2) is 4.98 Å². The third-order valence-electron chi connectivity index (χ3n) is 3.88. The van der Waals surface area contributed by atoms with Gasteiger partial charge in [0.1, 0.15) is 9.88 Å². The number of halogens is 2. The zero-order chi connectivity index (χ0) is 16.2. The van der Waals surface area contributed by atoms with Crippen molar-refractivity contribution in [3.05, 3.63) is 23.0 Å². The largest absolute Gasteiger partial charge is 0.350 e. The lowest BCUT2D eigenvalue weighted by atomic mass is 10.3. The molecule has 1 aliphatic rings. The van der Waals surface area contributed by atoms with E-state index in [1.165, 1.54) is 11.3 Å². The Balaban J connectivity index is 0.00000156. The maximum absolute atomic E-state index is 12.4. The molecular weight excluding hydrogens is 383 g/mol. The second-order valence-electron chi connectivity index (χ2n) is 5.68. The van der Waals surface area contributed by atoms with Crippen molar-refractivity contribution < 1.29 is 4.79 Å². The van der Waals surface area contributed by atoms with Crippen molar-refractivity contribution >= 4 is 42.1 Å². The van der Waals surface area contributed by atoms with Crippen molar-refractivity contribution in [2.75, 3.05) is 39.3 Å². The molecule has 0 aliphatic carbocycles. The number of nitrogens with zero attached hydrogens (tertiary/aromatic N) is 4. The van der Waals surface area contributed by atoms with E-state index in [0.717, 1.165) is 49.0 Å². The monoisotopic (exact) mass is 406 g/mol. The Bertz CT molecular complexity index is 683. The van der Waals surface area contributed by atoms with Crippen molar-refractivity contribution in [3.63, 3.8) is 0 Å². The van der Waals surface area contributed by atoms with Gasteiger partial charge < -0.3 is 10.6 Å². The molecule has 7 nitrogen and oxygen atoms in total. The van der Waals surface area contributed by atoms with Gasteiger partial charge in [0.05, 0.1) is 11.9 Å². The first-order valence-corrected chi connectivity index (χ1v) is 8.63. The highest BCUT2D eigenvalue weighted by Crippen LogP contribution is 2.27. The fourth-order valence-electron chi connectivity index (χ4n) is 2.60. The first-order chi connectivity index (χ1) is 11.1. The summed E-state index contributed by atoms with van der Waals surface area (Å²) in [4.78, 5) is 19.9. The number of aromatic nitrogens is 3. The SMILES string of the molecule is Cc1nc(-c2cnn(C)c2)sc1C(=O)NCCN1CCNCC1.Cl.Cl. The molecule has 140 valence electrons. The zero-order valence-corrected chi connectivity index (χ0v) is 16.8. The van der Waals surface area contributed by atoms with Crippen LogP contribution in [0.25, 0.3) is 10.6 Å². The van der Waals surface area contributed by atoms with Gasteiger partial charge in [-0.2, -0.15) is 5.10 Å². The summed E-state index contributed by atoms with van der Waals surface area (Å²) in [6.45, 7) is 7.56. The number of carbonyl (C=O) groups excluding carboxylic acids is 1. The molecule has 1 aliphatic heterocycles. The minimum Gasteiger partial charge on any atom is -0.350 e. The van der Waals surface area contributed by atoms with Gasteiger partial charge in [-0.15, -0.1) is 36.2 Å². The quantitative estimate of drug-likeness (QED) is 0.783. The number of hydrogen-bond acceptors (Lipinski definition) is 6. The Morgan fingerprint density at radius 3 is 2.72 bits per heavy atom. The molecular formula is C15H24Cl2N6OS. The van der Waals surface area contributed by atoms with Crippen LogP contribution in [0.4, 0.5) is 0 Å². The molecule has 1 amide bonds. The fraction of sp³-hybridized carbons (Fsp3) is 0.533. The van der Waals surface area contributed by atoms with Gasteiger partial charge in [-0.05, 0) is 6.92 Å². The molecule has 1 fully saturated rings. The lowest BCUT2D eigenvalue weighted by Gasteiger charge is -2.27. The summed E-state index contributed by atoms with van der Waals surface area (Å²) in [5.74, 6) is -0.0368. The summed E-state index contributed by atoms with van der Waals surface area (Å²) in [5.41, 5.74) is 1.72. The third kappa shape index (κ3) is 5.65. The molecule has 25 heavy (non-hydrogen) atoms. The van der Waals surface area contributed by atoms with Crippen molar-refractivity contribution in [3.8, 4) is 10.6 Å². The predicted molar refractivity (Wildman–Crippen MR) is 105 cm³/mol. The van der Waals surface area contributed by atoms with Gasteiger partial charge in [0.15, 0.2) is 0 Å². The normalized spacial score (nSPS) is 14.5. The summed E-state index contributed by atoms with van der Waals surface area (Å²) in [6.07, 6.45) is 3.68. The molecule has 2 aromatic heterocycles. The predicted octanol–water partition coefficient (Wildman–Crippen LogP) is 1.33. The second kappa shape index (κ2) is 10.1. The number of amides is 1. The van der Waals surface area contributed by atoms with Crippen molar-refractivity contribution in [1.82, 2.24) is 30.3 Å². The van der Waals surface area contributed by atoms with E-state index < -0.39 is 0 Å². The third-order valence-corrected chi connectivity index (χ3v) is 5.08. The Morgan fingerprint density at radius 2 is 2.08 bits per heavy atom. The van der Waals surface area contributed by atoms with E-state index in [4.69, 9.17) is 0 Å². The number of piperazine rings is 1. The van der Waals surface area contributed by atoms with E-state index in [1.807, 2.05) is 20.2 Å². The molecule has 0 aromatic carbocycles. The summed E-state index contributed by atoms with van der Waals surface area (Å²) in [7, 11) is 1.87. The number of aryl methyl sites for hydroxylation is 2. The molecule has 0 atom stereocenters. The van der Waals surface area contributed by atoms with E-state index in [-0.39, 0.29) is 30.7 Å². The smallest absolute Gasteiger partial charge is 0.263 e. The number of rotatable bonds is 5. The molecule has 2 aromatic rings. The van der Waals surface area contributed by atoms with Gasteiger partial charge in [-0.3, -0.25) is 14.4 Å². The van der Waals surface area contributed by atoms with Gasteiger partial charge in [-0.1, -0.05) is 0 Å². The van der Waals surface area contributed by atoms with Crippen LogP contribution in [0.3, 0.4) is 0 Å². The van der Waals surface area contributed by atoms with E-state index in [9.17, 15) is 4.79 Å². The zero-order valence-electron chi connectivity index (χ0n) is 14.3. The van der Waals surface area contributed by atoms with Crippen LogP contribution in [0.1, 0.15) is 15.4 Å². The molecule has 3 rings (SSSR count). The van der Waals surface area contributed by atoms with Crippen LogP contribution >= 0.6 is 36.2 Å². The Morgan fingerprint density at radius 1 is 1.36 bits per heavy atom. The van der Waals surface area contributed by atoms with Crippen LogP contribution in [0.15, 0.2) is 12.4 Å². The molecule has 2 N–H and O–H groups in total. The lowest BCUT2D eigenvalue weighted by molar-refractivity contribution is 0.0950. The van der Waals surface area contributed by atoms with Crippen LogP contribution in [0.5, 0.6) is 0 Å². The Labute approximate surface area is 164 Å². The number of carbonyl (C=O) groups is 1. The maximum atomic E-state index is 12.4. The highest BCUT2D eigenvalue weighted by Gasteiger charge is 2.17. The van der Waals surface area contributed by atoms with Gasteiger partial charge in [0.2, 0.25) is 0 Å². The van der Waals surface area contributed by atoms with Crippen LogP contribution in [0, 0.1) is 6.92 Å². The number of nitrogens with one attached hydrogen (secondary N) is 2. The van der Waals surface area contributed by atoms with Gasteiger partial charge in [0.25, 0.3) is 5.91 Å². The van der Waals surface area contributed by atoms with Crippen LogP contribution in [-0.4, -0.2) is 64.8 Å². The first-order valence-electron chi connectivity index (χ1n) is 7.81. The average molecular weight is 407 g/mol. The van der Waals surface area contributed by atoms with Gasteiger partial charge in [0, 0.05) is 58.1 Å². The highest BCUT2D eigenvalue weighted by molar-refractivity contribution is 7.17. The summed E-state index contributed by atoms with van der Waals surface area (Å²) in [6, 6.07) is 0. The molecule has 0 bridgehead atoms. The van der Waals surface area contributed by atoms with Crippen molar-refractivity contribution in [2.24, 2.45) is 7.05 Å². The topological polar surface area (TPSA) is 75.1 Å². The van der Waals surface area contributed by atoms with Crippen molar-refractivity contribution in [2.45, 2.75) is 6.92 Å². The lowest BCUT2D eigenvalue weighted by Crippen LogP contribution is -2.46. The Kier molecular flexibility index (Phi) is 8.81. The van der Waals surface area contributed by atoms with Crippen LogP contribution < -0.4 is 10.6 Å².